The van der Waals surface area contributed by atoms with E-state index in [0.717, 1.165) is 30.3 Å². The van der Waals surface area contributed by atoms with Gasteiger partial charge in [0.25, 0.3) is 0 Å². The van der Waals surface area contributed by atoms with Gasteiger partial charge < -0.3 is 19.3 Å². The smallest absolute Gasteiger partial charge is 0.233 e. The van der Waals surface area contributed by atoms with E-state index in [2.05, 4.69) is 4.98 Å². The van der Waals surface area contributed by atoms with Crippen LogP contribution in [0.3, 0.4) is 0 Å². The standard InChI is InChI=1S/C17H29N3O3S/c1-12(2)20(13(3)4)16(22)11-24-17-18-8-14(10-21)19(17)9-15-6-5-7-23-15/h8,12-13,15,21H,5-7,9-11H2,1-4H3/t15-/m0/s1. The lowest BCUT2D eigenvalue weighted by molar-refractivity contribution is -0.131. The molecule has 0 radical (unpaired) electrons. The zero-order valence-electron chi connectivity index (χ0n) is 15.1. The van der Waals surface area contributed by atoms with Crippen LogP contribution in [0.4, 0.5) is 0 Å². The molecular weight excluding hydrogens is 326 g/mol. The third kappa shape index (κ3) is 4.74. The van der Waals surface area contributed by atoms with Crippen LogP contribution in [-0.4, -0.2) is 56.0 Å². The van der Waals surface area contributed by atoms with Gasteiger partial charge in [0.1, 0.15) is 0 Å². The fourth-order valence-electron chi connectivity index (χ4n) is 3.19. The SMILES string of the molecule is CC(C)N(C(=O)CSc1ncc(CO)n1C[C@@H]1CCCO1)C(C)C. The molecule has 1 fully saturated rings. The van der Waals surface area contributed by atoms with Gasteiger partial charge >= 0.3 is 0 Å². The summed E-state index contributed by atoms with van der Waals surface area (Å²) in [5.74, 6) is 0.464. The molecule has 0 unspecified atom stereocenters. The Bertz CT molecular complexity index is 531. The summed E-state index contributed by atoms with van der Waals surface area (Å²) < 4.78 is 7.68. The Morgan fingerprint density at radius 2 is 2.17 bits per heavy atom. The van der Waals surface area contributed by atoms with Crippen LogP contribution in [-0.2, 0) is 22.7 Å². The fraction of sp³-hybridized carbons (Fsp3) is 0.765. The van der Waals surface area contributed by atoms with Crippen molar-refractivity contribution in [2.75, 3.05) is 12.4 Å². The maximum atomic E-state index is 12.5. The van der Waals surface area contributed by atoms with Crippen molar-refractivity contribution >= 4 is 17.7 Å². The molecule has 0 bridgehead atoms. The van der Waals surface area contributed by atoms with Gasteiger partial charge in [-0.25, -0.2) is 4.98 Å². The van der Waals surface area contributed by atoms with Crippen LogP contribution < -0.4 is 0 Å². The summed E-state index contributed by atoms with van der Waals surface area (Å²) in [6, 6.07) is 0.357. The van der Waals surface area contributed by atoms with Crippen molar-refractivity contribution < 1.29 is 14.6 Å². The number of aromatic nitrogens is 2. The zero-order chi connectivity index (χ0) is 17.7. The predicted molar refractivity (Wildman–Crippen MR) is 95.0 cm³/mol. The molecule has 1 N–H and O–H groups in total. The highest BCUT2D eigenvalue weighted by Gasteiger charge is 2.23. The summed E-state index contributed by atoms with van der Waals surface area (Å²) in [4.78, 5) is 18.8. The first-order valence-electron chi connectivity index (χ1n) is 8.64. The highest BCUT2D eigenvalue weighted by molar-refractivity contribution is 7.99. The van der Waals surface area contributed by atoms with E-state index in [1.807, 2.05) is 37.2 Å². The maximum Gasteiger partial charge on any atom is 0.233 e. The number of aliphatic hydroxyl groups excluding tert-OH is 1. The highest BCUT2D eigenvalue weighted by Crippen LogP contribution is 2.23. The van der Waals surface area contributed by atoms with Crippen molar-refractivity contribution in [3.05, 3.63) is 11.9 Å². The van der Waals surface area contributed by atoms with E-state index in [9.17, 15) is 9.90 Å². The number of carbonyl (C=O) groups is 1. The van der Waals surface area contributed by atoms with Crippen molar-refractivity contribution in [3.63, 3.8) is 0 Å². The third-order valence-electron chi connectivity index (χ3n) is 4.20. The maximum absolute atomic E-state index is 12.5. The second-order valence-corrected chi connectivity index (χ2v) is 7.66. The number of hydrogen-bond donors (Lipinski definition) is 1. The van der Waals surface area contributed by atoms with Gasteiger partial charge in [0.2, 0.25) is 5.91 Å². The molecule has 1 saturated heterocycles. The summed E-state index contributed by atoms with van der Waals surface area (Å²) in [5.41, 5.74) is 0.769. The second-order valence-electron chi connectivity index (χ2n) is 6.71. The van der Waals surface area contributed by atoms with Crippen LogP contribution in [0.2, 0.25) is 0 Å². The van der Waals surface area contributed by atoms with Gasteiger partial charge in [-0.15, -0.1) is 0 Å². The molecule has 0 aromatic carbocycles. The van der Waals surface area contributed by atoms with E-state index in [0.29, 0.717) is 12.3 Å². The minimum Gasteiger partial charge on any atom is -0.390 e. The first-order chi connectivity index (χ1) is 11.4. The van der Waals surface area contributed by atoms with Crippen molar-refractivity contribution in [3.8, 4) is 0 Å². The number of hydrogen-bond acceptors (Lipinski definition) is 5. The number of amides is 1. The van der Waals surface area contributed by atoms with Crippen molar-refractivity contribution in [2.45, 2.75) is 77.0 Å². The normalized spacial score (nSPS) is 17.9. The number of aliphatic hydroxyl groups is 1. The third-order valence-corrected chi connectivity index (χ3v) is 5.17. The van der Waals surface area contributed by atoms with Crippen molar-refractivity contribution in [1.82, 2.24) is 14.5 Å². The van der Waals surface area contributed by atoms with Crippen molar-refractivity contribution in [1.29, 1.82) is 0 Å². The molecule has 1 aromatic heterocycles. The van der Waals surface area contributed by atoms with E-state index in [1.54, 1.807) is 6.20 Å². The number of thioether (sulfide) groups is 1. The molecule has 1 aromatic rings. The molecule has 2 rings (SSSR count). The fourth-order valence-corrected chi connectivity index (χ4v) is 4.07. The van der Waals surface area contributed by atoms with E-state index in [-0.39, 0.29) is 30.7 Å². The van der Waals surface area contributed by atoms with E-state index < -0.39 is 0 Å². The Hall–Kier alpha value is -1.05. The Morgan fingerprint density at radius 1 is 1.46 bits per heavy atom. The molecule has 2 heterocycles. The van der Waals surface area contributed by atoms with E-state index in [4.69, 9.17) is 4.74 Å². The molecule has 0 saturated carbocycles. The van der Waals surface area contributed by atoms with Gasteiger partial charge in [-0.2, -0.15) is 0 Å². The number of carbonyl (C=O) groups excluding carboxylic acids is 1. The topological polar surface area (TPSA) is 67.6 Å². The second kappa shape index (κ2) is 8.87. The van der Waals surface area contributed by atoms with Crippen LogP contribution in [0.25, 0.3) is 0 Å². The van der Waals surface area contributed by atoms with Gasteiger partial charge in [0.05, 0.1) is 36.9 Å². The van der Waals surface area contributed by atoms with E-state index >= 15 is 0 Å². The Morgan fingerprint density at radius 3 is 2.71 bits per heavy atom. The summed E-state index contributed by atoms with van der Waals surface area (Å²) in [6.07, 6.45) is 3.96. The van der Waals surface area contributed by atoms with Crippen LogP contribution in [0.15, 0.2) is 11.4 Å². The predicted octanol–water partition coefficient (Wildman–Crippen LogP) is 2.29. The van der Waals surface area contributed by atoms with Crippen LogP contribution in [0.5, 0.6) is 0 Å². The van der Waals surface area contributed by atoms with Gasteiger partial charge in [-0.3, -0.25) is 4.79 Å². The zero-order valence-corrected chi connectivity index (χ0v) is 15.9. The van der Waals surface area contributed by atoms with E-state index in [1.165, 1.54) is 11.8 Å². The molecule has 1 aliphatic heterocycles. The van der Waals surface area contributed by atoms with Crippen LogP contribution in [0.1, 0.15) is 46.2 Å². The number of ether oxygens (including phenoxy) is 1. The lowest BCUT2D eigenvalue weighted by Crippen LogP contribution is -2.43. The average Bonchev–Trinajstić information content (AvgIpc) is 3.14. The first-order valence-corrected chi connectivity index (χ1v) is 9.63. The molecular formula is C17H29N3O3S. The van der Waals surface area contributed by atoms with Gasteiger partial charge in [0.15, 0.2) is 5.16 Å². The Balaban J connectivity index is 2.03. The first kappa shape index (κ1) is 19.3. The molecule has 1 aliphatic rings. The molecule has 24 heavy (non-hydrogen) atoms. The molecule has 6 nitrogen and oxygen atoms in total. The molecule has 0 aliphatic carbocycles. The summed E-state index contributed by atoms with van der Waals surface area (Å²) in [6.45, 7) is 9.56. The number of imidazole rings is 1. The minimum atomic E-state index is -0.0572. The van der Waals surface area contributed by atoms with Crippen LogP contribution >= 0.6 is 11.8 Å². The highest BCUT2D eigenvalue weighted by atomic mass is 32.2. The quantitative estimate of drug-likeness (QED) is 0.725. The van der Waals surface area contributed by atoms with Crippen molar-refractivity contribution in [2.24, 2.45) is 0 Å². The Labute approximate surface area is 148 Å². The lowest BCUT2D eigenvalue weighted by atomic mass is 10.2. The molecule has 136 valence electrons. The largest absolute Gasteiger partial charge is 0.390 e. The average molecular weight is 356 g/mol. The molecule has 1 amide bonds. The molecule has 7 heteroatoms. The summed E-state index contributed by atoms with van der Waals surface area (Å²) in [7, 11) is 0. The number of nitrogens with zero attached hydrogens (tertiary/aromatic N) is 3. The monoisotopic (exact) mass is 355 g/mol. The molecule has 0 spiro atoms. The van der Waals surface area contributed by atoms with Gasteiger partial charge in [-0.05, 0) is 40.5 Å². The van der Waals surface area contributed by atoms with Gasteiger partial charge in [-0.1, -0.05) is 11.8 Å². The number of rotatable bonds is 8. The lowest BCUT2D eigenvalue weighted by Gasteiger charge is -2.30. The van der Waals surface area contributed by atoms with Gasteiger partial charge in [0, 0.05) is 18.7 Å². The summed E-state index contributed by atoms with van der Waals surface area (Å²) in [5, 5.41) is 10.3. The Kier molecular flexibility index (Phi) is 7.13. The summed E-state index contributed by atoms with van der Waals surface area (Å²) >= 11 is 1.43. The molecule has 1 atom stereocenters. The van der Waals surface area contributed by atoms with Crippen LogP contribution in [0, 0.1) is 0 Å². The minimum absolute atomic E-state index is 0.0572.